The molecular weight excluding hydrogens is 400 g/mol. The van der Waals surface area contributed by atoms with Crippen molar-refractivity contribution in [2.45, 2.75) is 24.7 Å². The zero-order chi connectivity index (χ0) is 21.6. The van der Waals surface area contributed by atoms with Crippen molar-refractivity contribution in [2.75, 3.05) is 40.4 Å². The van der Waals surface area contributed by atoms with Gasteiger partial charge in [0.05, 0.1) is 19.1 Å². The predicted octanol–water partition coefficient (Wildman–Crippen LogP) is 0.895. The fourth-order valence-electron chi connectivity index (χ4n) is 2.97. The number of esters is 2. The van der Waals surface area contributed by atoms with Crippen LogP contribution in [0.1, 0.15) is 30.1 Å². The Bertz CT molecular complexity index is 826. The first-order valence-electron chi connectivity index (χ1n) is 9.22. The van der Waals surface area contributed by atoms with Crippen molar-refractivity contribution < 1.29 is 32.3 Å². The zero-order valence-corrected chi connectivity index (χ0v) is 17.6. The second-order valence-electron chi connectivity index (χ2n) is 6.92. The van der Waals surface area contributed by atoms with Gasteiger partial charge in [-0.3, -0.25) is 14.4 Å². The number of rotatable bonds is 7. The minimum absolute atomic E-state index is 0.0936. The van der Waals surface area contributed by atoms with Crippen molar-refractivity contribution in [1.82, 2.24) is 9.21 Å². The molecule has 0 atom stereocenters. The molecule has 0 saturated carbocycles. The number of ether oxygens (including phenoxy) is 2. The quantitative estimate of drug-likeness (QED) is 0.596. The summed E-state index contributed by atoms with van der Waals surface area (Å²) in [7, 11) is -1.29. The van der Waals surface area contributed by atoms with Crippen molar-refractivity contribution in [1.29, 1.82) is 0 Å². The smallest absolute Gasteiger partial charge is 0.325 e. The Morgan fingerprint density at radius 1 is 1.00 bits per heavy atom. The first-order chi connectivity index (χ1) is 13.7. The summed E-state index contributed by atoms with van der Waals surface area (Å²) in [6, 6.07) is 5.44. The summed E-state index contributed by atoms with van der Waals surface area (Å²) in [4.78, 5) is 36.9. The van der Waals surface area contributed by atoms with Crippen molar-refractivity contribution in [3.63, 3.8) is 0 Å². The molecule has 1 aromatic rings. The molecule has 9 nitrogen and oxygen atoms in total. The van der Waals surface area contributed by atoms with Gasteiger partial charge in [-0.15, -0.1) is 0 Å². The summed E-state index contributed by atoms with van der Waals surface area (Å²) in [6.45, 7) is 2.16. The number of hydrogen-bond donors (Lipinski definition) is 0. The lowest BCUT2D eigenvalue weighted by Gasteiger charge is -2.29. The lowest BCUT2D eigenvalue weighted by molar-refractivity contribution is -0.144. The lowest BCUT2D eigenvalue weighted by Crippen LogP contribution is -2.40. The van der Waals surface area contributed by atoms with Crippen LogP contribution in [0.15, 0.2) is 29.2 Å². The van der Waals surface area contributed by atoms with Crippen LogP contribution in [-0.4, -0.2) is 75.9 Å². The molecule has 0 aromatic heterocycles. The molecule has 0 unspecified atom stereocenters. The third-order valence-electron chi connectivity index (χ3n) is 4.86. The van der Waals surface area contributed by atoms with Crippen LogP contribution < -0.4 is 0 Å². The SMILES string of the molecule is COC(=O)CN(CC(=O)OC)C(=O)c1ccc(S(=O)(=O)N2CCC(C)CC2)cc1. The van der Waals surface area contributed by atoms with Crippen molar-refractivity contribution in [3.05, 3.63) is 29.8 Å². The number of sulfonamides is 1. The van der Waals surface area contributed by atoms with E-state index < -0.39 is 41.0 Å². The van der Waals surface area contributed by atoms with E-state index in [1.165, 1.54) is 42.8 Å². The Labute approximate surface area is 170 Å². The van der Waals surface area contributed by atoms with Crippen LogP contribution >= 0.6 is 0 Å². The highest BCUT2D eigenvalue weighted by Gasteiger charge is 2.28. The molecule has 1 aliphatic heterocycles. The standard InChI is InChI=1S/C19H26N2O7S/c1-14-8-10-21(11-9-14)29(25,26)16-6-4-15(5-7-16)19(24)20(12-17(22)27-2)13-18(23)28-3/h4-7,14H,8-13H2,1-3H3. The van der Waals surface area contributed by atoms with E-state index in [0.29, 0.717) is 19.0 Å². The first kappa shape index (κ1) is 22.8. The molecule has 1 aromatic carbocycles. The average molecular weight is 426 g/mol. The molecule has 160 valence electrons. The van der Waals surface area contributed by atoms with Crippen LogP contribution in [0.3, 0.4) is 0 Å². The Morgan fingerprint density at radius 2 is 1.48 bits per heavy atom. The Kier molecular flexibility index (Phi) is 7.74. The molecule has 1 saturated heterocycles. The van der Waals surface area contributed by atoms with Crippen LogP contribution in [-0.2, 0) is 29.1 Å². The van der Waals surface area contributed by atoms with Gasteiger partial charge in [0.1, 0.15) is 13.1 Å². The number of nitrogens with zero attached hydrogens (tertiary/aromatic N) is 2. The molecule has 1 fully saturated rings. The Balaban J connectivity index is 2.18. The monoisotopic (exact) mass is 426 g/mol. The number of amides is 1. The van der Waals surface area contributed by atoms with Crippen molar-refractivity contribution in [3.8, 4) is 0 Å². The molecule has 0 spiro atoms. The van der Waals surface area contributed by atoms with Gasteiger partial charge >= 0.3 is 11.9 Å². The van der Waals surface area contributed by atoms with E-state index in [9.17, 15) is 22.8 Å². The minimum Gasteiger partial charge on any atom is -0.468 e. The maximum Gasteiger partial charge on any atom is 0.325 e. The third kappa shape index (κ3) is 5.77. The topological polar surface area (TPSA) is 110 Å². The third-order valence-corrected chi connectivity index (χ3v) is 6.78. The summed E-state index contributed by atoms with van der Waals surface area (Å²) >= 11 is 0. The van der Waals surface area contributed by atoms with Crippen molar-refractivity contribution >= 4 is 27.9 Å². The normalized spacial score (nSPS) is 15.6. The molecule has 0 aliphatic carbocycles. The van der Waals surface area contributed by atoms with E-state index in [-0.39, 0.29) is 10.5 Å². The molecule has 0 bridgehead atoms. The zero-order valence-electron chi connectivity index (χ0n) is 16.8. The molecular formula is C19H26N2O7S. The van der Waals surface area contributed by atoms with Crippen molar-refractivity contribution in [2.24, 2.45) is 5.92 Å². The molecule has 2 rings (SSSR count). The number of methoxy groups -OCH3 is 2. The fraction of sp³-hybridized carbons (Fsp3) is 0.526. The van der Waals surface area contributed by atoms with Gasteiger partial charge in [0.15, 0.2) is 0 Å². The van der Waals surface area contributed by atoms with Crippen LogP contribution in [0, 0.1) is 5.92 Å². The second kappa shape index (κ2) is 9.84. The van der Waals surface area contributed by atoms with Crippen LogP contribution in [0.5, 0.6) is 0 Å². The van der Waals surface area contributed by atoms with E-state index >= 15 is 0 Å². The largest absolute Gasteiger partial charge is 0.468 e. The number of hydrogen-bond acceptors (Lipinski definition) is 7. The summed E-state index contributed by atoms with van der Waals surface area (Å²) in [6.07, 6.45) is 1.62. The molecule has 1 amide bonds. The summed E-state index contributed by atoms with van der Waals surface area (Å²) in [5, 5.41) is 0. The molecule has 1 aliphatic rings. The van der Waals surface area contributed by atoms with E-state index in [0.717, 1.165) is 17.7 Å². The Morgan fingerprint density at radius 3 is 1.93 bits per heavy atom. The molecule has 0 radical (unpaired) electrons. The van der Waals surface area contributed by atoms with Gasteiger partial charge in [-0.1, -0.05) is 6.92 Å². The number of carbonyl (C=O) groups is 3. The van der Waals surface area contributed by atoms with Gasteiger partial charge in [0.25, 0.3) is 5.91 Å². The lowest BCUT2D eigenvalue weighted by atomic mass is 10.0. The van der Waals surface area contributed by atoms with E-state index in [1.54, 1.807) is 0 Å². The highest BCUT2D eigenvalue weighted by atomic mass is 32.2. The molecule has 10 heteroatoms. The molecule has 1 heterocycles. The number of carbonyl (C=O) groups excluding carboxylic acids is 3. The van der Waals surface area contributed by atoms with Gasteiger partial charge in [-0.25, -0.2) is 8.42 Å². The average Bonchev–Trinajstić information content (AvgIpc) is 2.72. The van der Waals surface area contributed by atoms with Gasteiger partial charge < -0.3 is 14.4 Å². The molecule has 0 N–H and O–H groups in total. The predicted molar refractivity (Wildman–Crippen MR) is 104 cm³/mol. The Hall–Kier alpha value is -2.46. The minimum atomic E-state index is -3.63. The maximum absolute atomic E-state index is 12.8. The van der Waals surface area contributed by atoms with Gasteiger partial charge in [0, 0.05) is 18.7 Å². The van der Waals surface area contributed by atoms with Crippen LogP contribution in [0.2, 0.25) is 0 Å². The highest BCUT2D eigenvalue weighted by Crippen LogP contribution is 2.23. The van der Waals surface area contributed by atoms with Gasteiger partial charge in [-0.05, 0) is 43.0 Å². The van der Waals surface area contributed by atoms with E-state index in [1.807, 2.05) is 0 Å². The van der Waals surface area contributed by atoms with Crippen LogP contribution in [0.25, 0.3) is 0 Å². The maximum atomic E-state index is 12.8. The summed E-state index contributed by atoms with van der Waals surface area (Å²) < 4.78 is 36.1. The van der Waals surface area contributed by atoms with E-state index in [4.69, 9.17) is 0 Å². The summed E-state index contributed by atoms with van der Waals surface area (Å²) in [5.74, 6) is -1.50. The first-order valence-corrected chi connectivity index (χ1v) is 10.7. The highest BCUT2D eigenvalue weighted by molar-refractivity contribution is 7.89. The number of benzene rings is 1. The summed E-state index contributed by atoms with van der Waals surface area (Å²) in [5.41, 5.74) is 0.143. The van der Waals surface area contributed by atoms with Crippen LogP contribution in [0.4, 0.5) is 0 Å². The fourth-order valence-corrected chi connectivity index (χ4v) is 4.44. The van der Waals surface area contributed by atoms with Gasteiger partial charge in [-0.2, -0.15) is 4.31 Å². The second-order valence-corrected chi connectivity index (χ2v) is 8.86. The van der Waals surface area contributed by atoms with Gasteiger partial charge in [0.2, 0.25) is 10.0 Å². The molecule has 29 heavy (non-hydrogen) atoms. The van der Waals surface area contributed by atoms with E-state index in [2.05, 4.69) is 16.4 Å². The number of piperidine rings is 1.